The third kappa shape index (κ3) is 3.04. The second-order valence-electron chi connectivity index (χ2n) is 8.29. The molecule has 0 spiro atoms. The average molecular weight is 536 g/mol. The van der Waals surface area contributed by atoms with Gasteiger partial charge in [0.25, 0.3) is 0 Å². The van der Waals surface area contributed by atoms with E-state index in [2.05, 4.69) is 15.7 Å². The van der Waals surface area contributed by atoms with E-state index in [0.717, 1.165) is 50.1 Å². The highest BCUT2D eigenvalue weighted by Gasteiger charge is 2.29. The Kier molecular flexibility index (Phi) is 4.73. The van der Waals surface area contributed by atoms with E-state index in [-0.39, 0.29) is 5.82 Å². The summed E-state index contributed by atoms with van der Waals surface area (Å²) in [6.45, 7) is 0. The lowest BCUT2D eigenvalue weighted by atomic mass is 9.83. The number of fused-ring (bicyclic) bond motifs is 2. The number of hydrogen-bond acceptors (Lipinski definition) is 3. The zero-order valence-corrected chi connectivity index (χ0v) is 19.6. The van der Waals surface area contributed by atoms with Crippen LogP contribution in [0.15, 0.2) is 65.8 Å². The summed E-state index contributed by atoms with van der Waals surface area (Å²) in [5, 5.41) is 5.46. The fourth-order valence-electron chi connectivity index (χ4n) is 4.47. The maximum absolute atomic E-state index is 16.0. The number of rotatable bonds is 3. The predicted octanol–water partition coefficient (Wildman–Crippen LogP) is 5.96. The number of pyridine rings is 1. The molecule has 6 rings (SSSR count). The Bertz CT molecular complexity index is 1490. The number of nitrogens with zero attached hydrogens (tertiary/aromatic N) is 3. The molecule has 0 atom stereocenters. The molecule has 1 fully saturated rings. The molecule has 0 saturated heterocycles. The molecule has 2 aromatic heterocycles. The molecule has 160 valence electrons. The minimum absolute atomic E-state index is 0.319. The van der Waals surface area contributed by atoms with Crippen LogP contribution in [0.2, 0.25) is 0 Å². The maximum Gasteiger partial charge on any atom is 0.157 e. The molecule has 0 radical (unpaired) electrons. The largest absolute Gasteiger partial charge is 0.296 e. The molecule has 32 heavy (non-hydrogen) atoms. The van der Waals surface area contributed by atoms with Gasteiger partial charge in [-0.05, 0) is 25.0 Å². The summed E-state index contributed by atoms with van der Waals surface area (Å²) in [4.78, 5) is 4.69. The van der Waals surface area contributed by atoms with Gasteiger partial charge in [-0.3, -0.25) is 5.73 Å². The average Bonchev–Trinajstić information content (AvgIpc) is 3.15. The van der Waals surface area contributed by atoms with Gasteiger partial charge in [-0.1, -0.05) is 78.3 Å². The Morgan fingerprint density at radius 2 is 1.81 bits per heavy atom. The summed E-state index contributed by atoms with van der Waals surface area (Å²) >= 11 is -1.89. The van der Waals surface area contributed by atoms with Crippen molar-refractivity contribution in [1.82, 2.24) is 9.66 Å². The first-order valence-corrected chi connectivity index (χ1v) is 14.5. The van der Waals surface area contributed by atoms with Gasteiger partial charge in [-0.25, -0.2) is 14.1 Å². The standard InChI is InChI=1S/C26H22FIN4/c1-28-15-30-32-22(17-8-5-9-17)14-20(25(32)26(28)29)19-12-10-18-11-13-21(31-24(18)23(19)27)16-6-3-2-4-7-16/h2-4,6-7,10-15,17H,1,5,8-9,29H2. The Morgan fingerprint density at radius 1 is 1.03 bits per heavy atom. The van der Waals surface area contributed by atoms with Crippen LogP contribution in [-0.4, -0.2) is 22.0 Å². The van der Waals surface area contributed by atoms with Gasteiger partial charge in [0.15, 0.2) is 5.82 Å². The quantitative estimate of drug-likeness (QED) is 0.329. The summed E-state index contributed by atoms with van der Waals surface area (Å²) < 4.78 is 24.9. The van der Waals surface area contributed by atoms with E-state index in [0.29, 0.717) is 17.0 Å². The van der Waals surface area contributed by atoms with Crippen LogP contribution < -0.4 is 5.73 Å². The van der Waals surface area contributed by atoms with E-state index in [4.69, 9.17) is 10.7 Å². The summed E-state index contributed by atoms with van der Waals surface area (Å²) in [5.41, 5.74) is 11.9. The van der Waals surface area contributed by atoms with Crippen molar-refractivity contribution in [3.63, 3.8) is 0 Å². The molecule has 2 N–H and O–H groups in total. The maximum atomic E-state index is 16.0. The Morgan fingerprint density at radius 3 is 2.56 bits per heavy atom. The molecular formula is C26H22FIN4. The molecule has 0 bridgehead atoms. The lowest BCUT2D eigenvalue weighted by Gasteiger charge is -2.26. The van der Waals surface area contributed by atoms with Crippen LogP contribution in [0.25, 0.3) is 33.3 Å². The molecule has 6 heteroatoms. The minimum atomic E-state index is -1.89. The van der Waals surface area contributed by atoms with Gasteiger partial charge in [-0.15, -0.1) is 0 Å². The van der Waals surface area contributed by atoms with Gasteiger partial charge in [0, 0.05) is 33.7 Å². The van der Waals surface area contributed by atoms with E-state index >= 15 is 4.39 Å². The first-order valence-electron chi connectivity index (χ1n) is 10.7. The highest BCUT2D eigenvalue weighted by Crippen LogP contribution is 2.43. The van der Waals surface area contributed by atoms with Crippen molar-refractivity contribution in [3.8, 4) is 22.4 Å². The molecular weight excluding hydrogens is 514 g/mol. The second-order valence-corrected chi connectivity index (χ2v) is 12.3. The van der Waals surface area contributed by atoms with Crippen LogP contribution in [-0.2, 0) is 0 Å². The molecule has 4 nitrogen and oxygen atoms in total. The van der Waals surface area contributed by atoms with Crippen LogP contribution in [0.3, 0.4) is 0 Å². The van der Waals surface area contributed by atoms with Gasteiger partial charge in [0.2, 0.25) is 0 Å². The Balaban J connectivity index is 1.58. The van der Waals surface area contributed by atoms with Crippen LogP contribution in [0, 0.1) is 5.82 Å². The van der Waals surface area contributed by atoms with Crippen molar-refractivity contribution in [1.29, 1.82) is 0 Å². The number of hydrogen-bond donors (Lipinski definition) is 1. The van der Waals surface area contributed by atoms with Gasteiger partial charge in [0.05, 0.1) is 19.2 Å². The zero-order chi connectivity index (χ0) is 21.8. The molecule has 0 amide bonds. The minimum Gasteiger partial charge on any atom is -0.296 e. The molecule has 2 aromatic carbocycles. The summed E-state index contributed by atoms with van der Waals surface area (Å²) in [6.07, 6.45) is 3.48. The van der Waals surface area contributed by atoms with Crippen LogP contribution in [0.5, 0.6) is 0 Å². The van der Waals surface area contributed by atoms with Crippen molar-refractivity contribution in [3.05, 3.63) is 77.9 Å². The number of benzene rings is 2. The van der Waals surface area contributed by atoms with Crippen molar-refractivity contribution < 1.29 is 4.39 Å². The zero-order valence-electron chi connectivity index (χ0n) is 17.4. The monoisotopic (exact) mass is 536 g/mol. The molecule has 2 aliphatic rings. The van der Waals surface area contributed by atoms with Crippen molar-refractivity contribution in [2.24, 2.45) is 10.8 Å². The normalized spacial score (nSPS) is 16.4. The fraction of sp³-hybridized carbons (Fsp3) is 0.154. The number of nitrogens with two attached hydrogens (primary N) is 1. The third-order valence-electron chi connectivity index (χ3n) is 6.45. The second kappa shape index (κ2) is 7.64. The molecule has 3 heterocycles. The first-order chi connectivity index (χ1) is 15.6. The van der Waals surface area contributed by atoms with E-state index in [9.17, 15) is 0 Å². The first kappa shape index (κ1) is 19.8. The fourth-order valence-corrected chi connectivity index (χ4v) is 6.50. The third-order valence-corrected chi connectivity index (χ3v) is 9.38. The van der Waals surface area contributed by atoms with E-state index in [1.807, 2.05) is 63.5 Å². The van der Waals surface area contributed by atoms with Gasteiger partial charge < -0.3 is 0 Å². The lowest BCUT2D eigenvalue weighted by Crippen LogP contribution is -2.21. The van der Waals surface area contributed by atoms with E-state index < -0.39 is 18.9 Å². The van der Waals surface area contributed by atoms with Crippen LogP contribution in [0.1, 0.15) is 36.6 Å². The predicted molar refractivity (Wildman–Crippen MR) is 140 cm³/mol. The topological polar surface area (TPSA) is 56.2 Å². The van der Waals surface area contributed by atoms with Crippen molar-refractivity contribution >= 4 is 42.1 Å². The van der Waals surface area contributed by atoms with Crippen molar-refractivity contribution in [2.45, 2.75) is 25.2 Å². The lowest BCUT2D eigenvalue weighted by molar-refractivity contribution is 0.401. The number of aromatic nitrogens is 2. The Hall–Kier alpha value is -2.84. The smallest absolute Gasteiger partial charge is 0.157 e. The van der Waals surface area contributed by atoms with Gasteiger partial charge >= 0.3 is 0 Å². The molecule has 4 aromatic rings. The Labute approximate surface area is 192 Å². The SMILES string of the molecule is C=I1=C(N)c2c(-c3ccc4ccc(-c5ccccc5)nc4c3F)cc(C3CCC3)n2N=C1. The molecule has 0 unspecified atom stereocenters. The number of halogens is 2. The van der Waals surface area contributed by atoms with Crippen LogP contribution >= 0.6 is 18.9 Å². The molecule has 1 saturated carbocycles. The van der Waals surface area contributed by atoms with Gasteiger partial charge in [-0.2, -0.15) is 5.10 Å². The summed E-state index contributed by atoms with van der Waals surface area (Å²) in [7, 11) is 0. The van der Waals surface area contributed by atoms with E-state index in [1.54, 1.807) is 0 Å². The van der Waals surface area contributed by atoms with Crippen LogP contribution in [0.4, 0.5) is 4.39 Å². The van der Waals surface area contributed by atoms with Crippen molar-refractivity contribution in [2.75, 3.05) is 0 Å². The van der Waals surface area contributed by atoms with E-state index in [1.165, 1.54) is 6.42 Å². The molecule has 1 aliphatic heterocycles. The highest BCUT2D eigenvalue weighted by molar-refractivity contribution is 14.2. The van der Waals surface area contributed by atoms with Gasteiger partial charge in [0.1, 0.15) is 5.52 Å². The highest BCUT2D eigenvalue weighted by atomic mass is 127. The molecule has 1 aliphatic carbocycles. The summed E-state index contributed by atoms with van der Waals surface area (Å²) in [5.74, 6) is 0.129. The summed E-state index contributed by atoms with van der Waals surface area (Å²) in [6, 6.07) is 19.6.